The van der Waals surface area contributed by atoms with Gasteiger partial charge in [-0.2, -0.15) is 5.10 Å². The largest absolute Gasteiger partial charge is 0.352 e. The Kier molecular flexibility index (Phi) is 4.57. The predicted molar refractivity (Wildman–Crippen MR) is 75.1 cm³/mol. The maximum Gasteiger partial charge on any atom is 0.191 e. The Hall–Kier alpha value is -0.790. The van der Waals surface area contributed by atoms with E-state index < -0.39 is 0 Å². The summed E-state index contributed by atoms with van der Waals surface area (Å²) in [7, 11) is 1.95. The number of nitrogens with zero attached hydrogens (tertiary/aromatic N) is 3. The summed E-state index contributed by atoms with van der Waals surface area (Å²) in [6.07, 6.45) is 1.89. The number of halogens is 1. The van der Waals surface area contributed by atoms with Gasteiger partial charge in [0.25, 0.3) is 0 Å². The molecule has 2 rings (SSSR count). The fourth-order valence-corrected chi connectivity index (χ4v) is 1.56. The Morgan fingerprint density at radius 3 is 2.88 bits per heavy atom. The van der Waals surface area contributed by atoms with Crippen LogP contribution in [0.15, 0.2) is 11.2 Å². The Labute approximate surface area is 113 Å². The predicted octanol–water partition coefficient (Wildman–Crippen LogP) is 0.784. The first-order chi connectivity index (χ1) is 7.16. The molecular weight excluding hydrogens is 317 g/mol. The van der Waals surface area contributed by atoms with Crippen molar-refractivity contribution in [3.8, 4) is 0 Å². The highest BCUT2D eigenvalue weighted by atomic mass is 127. The number of hydrogen-bond donors (Lipinski definition) is 2. The van der Waals surface area contributed by atoms with Gasteiger partial charge in [0.05, 0.1) is 12.7 Å². The highest BCUT2D eigenvalue weighted by molar-refractivity contribution is 14.0. The van der Waals surface area contributed by atoms with Crippen LogP contribution in [0.1, 0.15) is 18.2 Å². The topological polar surface area (TPSA) is 54.2 Å². The SMILES string of the molecule is Cc1c(CNC2=NCC(C)N2)cnn1C.I. The van der Waals surface area contributed by atoms with Gasteiger partial charge in [-0.1, -0.05) is 0 Å². The Bertz CT molecular complexity index is 385. The summed E-state index contributed by atoms with van der Waals surface area (Å²) in [5, 5.41) is 10.7. The lowest BCUT2D eigenvalue weighted by molar-refractivity contribution is 0.711. The van der Waals surface area contributed by atoms with Gasteiger partial charge in [0.1, 0.15) is 0 Å². The minimum atomic E-state index is 0. The molecule has 2 heterocycles. The first kappa shape index (κ1) is 13.3. The highest BCUT2D eigenvalue weighted by Crippen LogP contribution is 2.04. The molecular formula is C10H18IN5. The lowest BCUT2D eigenvalue weighted by Gasteiger charge is -2.08. The van der Waals surface area contributed by atoms with Gasteiger partial charge in [0.2, 0.25) is 0 Å². The molecule has 6 heteroatoms. The van der Waals surface area contributed by atoms with Gasteiger partial charge in [-0.05, 0) is 13.8 Å². The van der Waals surface area contributed by atoms with Crippen molar-refractivity contribution in [2.75, 3.05) is 6.54 Å². The molecule has 1 aromatic heterocycles. The average Bonchev–Trinajstić information content (AvgIpc) is 2.74. The summed E-state index contributed by atoms with van der Waals surface area (Å²) in [4.78, 5) is 4.34. The van der Waals surface area contributed by atoms with Gasteiger partial charge >= 0.3 is 0 Å². The van der Waals surface area contributed by atoms with E-state index in [1.165, 1.54) is 11.3 Å². The van der Waals surface area contributed by atoms with E-state index >= 15 is 0 Å². The second kappa shape index (κ2) is 5.51. The molecule has 1 aliphatic rings. The van der Waals surface area contributed by atoms with E-state index in [2.05, 4.69) is 34.6 Å². The first-order valence-corrected chi connectivity index (χ1v) is 5.19. The zero-order chi connectivity index (χ0) is 10.8. The zero-order valence-corrected chi connectivity index (χ0v) is 12.1. The quantitative estimate of drug-likeness (QED) is 0.786. The van der Waals surface area contributed by atoms with Crippen molar-refractivity contribution in [1.82, 2.24) is 20.4 Å². The van der Waals surface area contributed by atoms with Crippen molar-refractivity contribution in [3.63, 3.8) is 0 Å². The van der Waals surface area contributed by atoms with Crippen molar-refractivity contribution in [2.24, 2.45) is 12.0 Å². The van der Waals surface area contributed by atoms with Gasteiger partial charge in [0, 0.05) is 30.9 Å². The van der Waals surface area contributed by atoms with Crippen LogP contribution in [0.5, 0.6) is 0 Å². The first-order valence-electron chi connectivity index (χ1n) is 5.19. The second-order valence-electron chi connectivity index (χ2n) is 3.97. The molecule has 2 N–H and O–H groups in total. The van der Waals surface area contributed by atoms with Crippen LogP contribution in [0.2, 0.25) is 0 Å². The molecule has 0 fully saturated rings. The highest BCUT2D eigenvalue weighted by Gasteiger charge is 2.12. The molecule has 1 aromatic rings. The molecule has 0 bridgehead atoms. The Morgan fingerprint density at radius 1 is 1.62 bits per heavy atom. The standard InChI is InChI=1S/C10H17N5.HI/c1-7-4-11-10(14-7)12-5-9-6-13-15(3)8(9)2;/h6-7H,4-5H2,1-3H3,(H2,11,12,14);1H. The van der Waals surface area contributed by atoms with Crippen LogP contribution in [0, 0.1) is 6.92 Å². The number of nitrogens with one attached hydrogen (secondary N) is 2. The van der Waals surface area contributed by atoms with Crippen LogP contribution in [-0.2, 0) is 13.6 Å². The monoisotopic (exact) mass is 335 g/mol. The van der Waals surface area contributed by atoms with Crippen molar-refractivity contribution in [1.29, 1.82) is 0 Å². The molecule has 0 spiro atoms. The smallest absolute Gasteiger partial charge is 0.191 e. The fourth-order valence-electron chi connectivity index (χ4n) is 1.56. The zero-order valence-electron chi connectivity index (χ0n) is 9.82. The van der Waals surface area contributed by atoms with Crippen LogP contribution < -0.4 is 10.6 Å². The van der Waals surface area contributed by atoms with Crippen molar-refractivity contribution >= 4 is 29.9 Å². The number of aliphatic imine (C=N–C) groups is 1. The molecule has 0 saturated heterocycles. The number of rotatable bonds is 2. The normalized spacial score (nSPS) is 18.7. The van der Waals surface area contributed by atoms with E-state index in [0.717, 1.165) is 19.0 Å². The molecule has 90 valence electrons. The number of hydrogen-bond acceptors (Lipinski definition) is 4. The van der Waals surface area contributed by atoms with Crippen LogP contribution >= 0.6 is 24.0 Å². The van der Waals surface area contributed by atoms with Gasteiger partial charge < -0.3 is 10.6 Å². The molecule has 0 radical (unpaired) electrons. The average molecular weight is 335 g/mol. The number of aromatic nitrogens is 2. The van der Waals surface area contributed by atoms with Gasteiger partial charge in [-0.15, -0.1) is 24.0 Å². The van der Waals surface area contributed by atoms with Crippen molar-refractivity contribution in [3.05, 3.63) is 17.5 Å². The summed E-state index contributed by atoms with van der Waals surface area (Å²) in [5.41, 5.74) is 2.40. The molecule has 0 aliphatic carbocycles. The molecule has 1 unspecified atom stereocenters. The minimum Gasteiger partial charge on any atom is -0.352 e. The van der Waals surface area contributed by atoms with Crippen molar-refractivity contribution in [2.45, 2.75) is 26.4 Å². The lowest BCUT2D eigenvalue weighted by Crippen LogP contribution is -2.37. The van der Waals surface area contributed by atoms with Crippen molar-refractivity contribution < 1.29 is 0 Å². The molecule has 1 atom stereocenters. The minimum absolute atomic E-state index is 0. The summed E-state index contributed by atoms with van der Waals surface area (Å²) in [6, 6.07) is 0.447. The van der Waals surface area contributed by atoms with E-state index in [1.54, 1.807) is 0 Å². The maximum atomic E-state index is 4.34. The van der Waals surface area contributed by atoms with E-state index in [-0.39, 0.29) is 24.0 Å². The molecule has 0 aromatic carbocycles. The lowest BCUT2D eigenvalue weighted by atomic mass is 10.2. The summed E-state index contributed by atoms with van der Waals surface area (Å²) >= 11 is 0. The number of guanidine groups is 1. The second-order valence-corrected chi connectivity index (χ2v) is 3.97. The Balaban J connectivity index is 0.00000128. The van der Waals surface area contributed by atoms with Gasteiger partial charge in [-0.25, -0.2) is 0 Å². The van der Waals surface area contributed by atoms with E-state index in [1.807, 2.05) is 17.9 Å². The third-order valence-electron chi connectivity index (χ3n) is 2.69. The summed E-state index contributed by atoms with van der Waals surface area (Å²) in [6.45, 7) is 5.82. The third-order valence-corrected chi connectivity index (χ3v) is 2.69. The maximum absolute atomic E-state index is 4.34. The van der Waals surface area contributed by atoms with Crippen LogP contribution in [0.25, 0.3) is 0 Å². The van der Waals surface area contributed by atoms with E-state index in [4.69, 9.17) is 0 Å². The molecule has 1 aliphatic heterocycles. The summed E-state index contributed by atoms with van der Waals surface area (Å²) in [5.74, 6) is 0.894. The molecule has 16 heavy (non-hydrogen) atoms. The Morgan fingerprint density at radius 2 is 2.38 bits per heavy atom. The van der Waals surface area contributed by atoms with Gasteiger partial charge in [0.15, 0.2) is 5.96 Å². The van der Waals surface area contributed by atoms with E-state index in [0.29, 0.717) is 6.04 Å². The van der Waals surface area contributed by atoms with E-state index in [9.17, 15) is 0 Å². The van der Waals surface area contributed by atoms with Crippen LogP contribution in [-0.4, -0.2) is 28.3 Å². The molecule has 0 amide bonds. The third kappa shape index (κ3) is 2.87. The summed E-state index contributed by atoms with van der Waals surface area (Å²) < 4.78 is 1.88. The fraction of sp³-hybridized carbons (Fsp3) is 0.600. The number of aryl methyl sites for hydroxylation is 1. The van der Waals surface area contributed by atoms with Crippen LogP contribution in [0.3, 0.4) is 0 Å². The van der Waals surface area contributed by atoms with Gasteiger partial charge in [-0.3, -0.25) is 9.67 Å². The van der Waals surface area contributed by atoms with Crippen LogP contribution in [0.4, 0.5) is 0 Å². The molecule has 0 saturated carbocycles. The molecule has 5 nitrogen and oxygen atoms in total.